The summed E-state index contributed by atoms with van der Waals surface area (Å²) in [6, 6.07) is 0. The van der Waals surface area contributed by atoms with Crippen LogP contribution >= 0.6 is 0 Å². The van der Waals surface area contributed by atoms with Crippen molar-refractivity contribution in [1.82, 2.24) is 0 Å². The van der Waals surface area contributed by atoms with E-state index < -0.39 is 0 Å². The second-order valence-electron chi connectivity index (χ2n) is 3.86. The van der Waals surface area contributed by atoms with Crippen molar-refractivity contribution in [2.24, 2.45) is 5.92 Å². The van der Waals surface area contributed by atoms with Crippen LogP contribution in [0.5, 0.6) is 0 Å². The molecule has 12 heavy (non-hydrogen) atoms. The van der Waals surface area contributed by atoms with Crippen molar-refractivity contribution in [2.75, 3.05) is 6.61 Å². The minimum absolute atomic E-state index is 0.617. The van der Waals surface area contributed by atoms with Gasteiger partial charge in [-0.3, -0.25) is 0 Å². The summed E-state index contributed by atoms with van der Waals surface area (Å²) in [4.78, 5) is 0. The van der Waals surface area contributed by atoms with Crippen molar-refractivity contribution < 1.29 is 4.74 Å². The molecule has 0 bridgehead atoms. The van der Waals surface area contributed by atoms with E-state index in [4.69, 9.17) is 4.74 Å². The molecule has 1 rings (SSSR count). The lowest BCUT2D eigenvalue weighted by Gasteiger charge is -2.33. The van der Waals surface area contributed by atoms with Crippen molar-refractivity contribution in [3.05, 3.63) is 0 Å². The third-order valence-corrected chi connectivity index (χ3v) is 2.96. The van der Waals surface area contributed by atoms with Crippen molar-refractivity contribution in [2.45, 2.75) is 58.5 Å². The predicted octanol–water partition coefficient (Wildman–Crippen LogP) is 3.38. The Balaban J connectivity index is 2.07. The summed E-state index contributed by atoms with van der Waals surface area (Å²) >= 11 is 0. The molecule has 2 atom stereocenters. The molecule has 1 nitrogen and oxygen atoms in total. The van der Waals surface area contributed by atoms with Gasteiger partial charge in [0.25, 0.3) is 0 Å². The molecule has 1 fully saturated rings. The molecular formula is C11H22O. The van der Waals surface area contributed by atoms with Gasteiger partial charge < -0.3 is 4.74 Å². The number of ether oxygens (including phenoxy) is 1. The molecule has 72 valence electrons. The highest BCUT2D eigenvalue weighted by molar-refractivity contribution is 4.75. The van der Waals surface area contributed by atoms with Gasteiger partial charge in [-0.25, -0.2) is 0 Å². The van der Waals surface area contributed by atoms with Crippen LogP contribution in [0.2, 0.25) is 0 Å². The first-order chi connectivity index (χ1) is 5.88. The van der Waals surface area contributed by atoms with E-state index in [0.717, 1.165) is 12.5 Å². The zero-order valence-electron chi connectivity index (χ0n) is 8.51. The van der Waals surface area contributed by atoms with Gasteiger partial charge in [0.15, 0.2) is 0 Å². The highest BCUT2D eigenvalue weighted by atomic mass is 16.5. The number of hydrogen-bond acceptors (Lipinski definition) is 1. The summed E-state index contributed by atoms with van der Waals surface area (Å²) in [6.45, 7) is 5.56. The first-order valence-electron chi connectivity index (χ1n) is 5.50. The molecule has 0 aromatic carbocycles. The summed E-state index contributed by atoms with van der Waals surface area (Å²) in [6.07, 6.45) is 8.74. The molecule has 1 aliphatic heterocycles. The van der Waals surface area contributed by atoms with Gasteiger partial charge >= 0.3 is 0 Å². The average molecular weight is 170 g/mol. The Morgan fingerprint density at radius 3 is 2.50 bits per heavy atom. The fourth-order valence-corrected chi connectivity index (χ4v) is 1.94. The Bertz CT molecular complexity index is 108. The van der Waals surface area contributed by atoms with E-state index in [1.165, 1.54) is 38.5 Å². The van der Waals surface area contributed by atoms with Gasteiger partial charge in [0.1, 0.15) is 0 Å². The highest BCUT2D eigenvalue weighted by Crippen LogP contribution is 2.27. The molecule has 0 aromatic rings. The normalized spacial score (nSPS) is 25.0. The summed E-state index contributed by atoms with van der Waals surface area (Å²) in [5, 5.41) is 0. The van der Waals surface area contributed by atoms with E-state index in [1.807, 2.05) is 0 Å². The molecule has 0 saturated carbocycles. The van der Waals surface area contributed by atoms with E-state index in [-0.39, 0.29) is 0 Å². The lowest BCUT2D eigenvalue weighted by Crippen LogP contribution is -2.34. The van der Waals surface area contributed by atoms with E-state index in [0.29, 0.717) is 6.10 Å². The van der Waals surface area contributed by atoms with Crippen LogP contribution in [0.1, 0.15) is 52.4 Å². The predicted molar refractivity (Wildman–Crippen MR) is 52.3 cm³/mol. The van der Waals surface area contributed by atoms with Gasteiger partial charge in [0, 0.05) is 6.61 Å². The van der Waals surface area contributed by atoms with Crippen molar-refractivity contribution in [3.63, 3.8) is 0 Å². The average Bonchev–Trinajstić information content (AvgIpc) is 1.99. The second kappa shape index (κ2) is 5.58. The maximum Gasteiger partial charge on any atom is 0.0625 e. The summed E-state index contributed by atoms with van der Waals surface area (Å²) in [7, 11) is 0. The maximum atomic E-state index is 5.51. The third-order valence-electron chi connectivity index (χ3n) is 2.96. The zero-order valence-corrected chi connectivity index (χ0v) is 8.51. The summed E-state index contributed by atoms with van der Waals surface area (Å²) in [5.74, 6) is 0.852. The van der Waals surface area contributed by atoms with E-state index in [2.05, 4.69) is 13.8 Å². The fourth-order valence-electron chi connectivity index (χ4n) is 1.94. The van der Waals surface area contributed by atoms with Crippen LogP contribution < -0.4 is 0 Å². The van der Waals surface area contributed by atoms with Crippen LogP contribution in [0.25, 0.3) is 0 Å². The molecule has 2 unspecified atom stereocenters. The van der Waals surface area contributed by atoms with Crippen molar-refractivity contribution in [3.8, 4) is 0 Å². The zero-order chi connectivity index (χ0) is 8.81. The molecule has 0 N–H and O–H groups in total. The van der Waals surface area contributed by atoms with Crippen LogP contribution in [0, 0.1) is 5.92 Å². The summed E-state index contributed by atoms with van der Waals surface area (Å²) in [5.41, 5.74) is 0. The molecule has 1 saturated heterocycles. The molecule has 1 aliphatic rings. The van der Waals surface area contributed by atoms with E-state index in [9.17, 15) is 0 Å². The standard InChI is InChI=1S/C11H22O/c1-3-5-6-7-10(4-2)11-8-9-12-11/h10-11H,3-9H2,1-2H3. The summed E-state index contributed by atoms with van der Waals surface area (Å²) < 4.78 is 5.51. The molecule has 0 radical (unpaired) electrons. The lowest BCUT2D eigenvalue weighted by atomic mass is 9.89. The van der Waals surface area contributed by atoms with Crippen LogP contribution in [0.3, 0.4) is 0 Å². The number of unbranched alkanes of at least 4 members (excludes halogenated alkanes) is 2. The number of rotatable bonds is 6. The van der Waals surface area contributed by atoms with Gasteiger partial charge in [-0.2, -0.15) is 0 Å². The van der Waals surface area contributed by atoms with Crippen LogP contribution in [0.4, 0.5) is 0 Å². The molecule has 0 amide bonds. The largest absolute Gasteiger partial charge is 0.378 e. The third kappa shape index (κ3) is 2.78. The Labute approximate surface area is 76.5 Å². The van der Waals surface area contributed by atoms with E-state index >= 15 is 0 Å². The van der Waals surface area contributed by atoms with Crippen LogP contribution in [-0.2, 0) is 4.74 Å². The Morgan fingerprint density at radius 1 is 1.33 bits per heavy atom. The minimum Gasteiger partial charge on any atom is -0.378 e. The van der Waals surface area contributed by atoms with Gasteiger partial charge in [-0.1, -0.05) is 39.5 Å². The smallest absolute Gasteiger partial charge is 0.0625 e. The van der Waals surface area contributed by atoms with Gasteiger partial charge in [0.2, 0.25) is 0 Å². The molecule has 0 aliphatic carbocycles. The molecular weight excluding hydrogens is 148 g/mol. The van der Waals surface area contributed by atoms with Crippen LogP contribution in [0.15, 0.2) is 0 Å². The Hall–Kier alpha value is -0.0400. The Kier molecular flexibility index (Phi) is 4.67. The SMILES string of the molecule is CCCCCC(CC)C1CCO1. The van der Waals surface area contributed by atoms with Gasteiger partial charge in [-0.05, 0) is 18.8 Å². The first-order valence-corrected chi connectivity index (χ1v) is 5.50. The molecule has 0 aromatic heterocycles. The molecule has 0 spiro atoms. The molecule has 1 heteroatoms. The van der Waals surface area contributed by atoms with Crippen molar-refractivity contribution in [1.29, 1.82) is 0 Å². The second-order valence-corrected chi connectivity index (χ2v) is 3.86. The van der Waals surface area contributed by atoms with Crippen LogP contribution in [-0.4, -0.2) is 12.7 Å². The fraction of sp³-hybridized carbons (Fsp3) is 1.00. The number of hydrogen-bond donors (Lipinski definition) is 0. The topological polar surface area (TPSA) is 9.23 Å². The lowest BCUT2D eigenvalue weighted by molar-refractivity contribution is -0.0876. The molecule has 1 heterocycles. The van der Waals surface area contributed by atoms with Gasteiger partial charge in [0.05, 0.1) is 6.10 Å². The monoisotopic (exact) mass is 170 g/mol. The maximum absolute atomic E-state index is 5.51. The Morgan fingerprint density at radius 2 is 2.08 bits per heavy atom. The first kappa shape index (κ1) is 10.0. The highest BCUT2D eigenvalue weighted by Gasteiger charge is 2.26. The van der Waals surface area contributed by atoms with Crippen molar-refractivity contribution >= 4 is 0 Å². The minimum atomic E-state index is 0.617. The van der Waals surface area contributed by atoms with E-state index in [1.54, 1.807) is 0 Å². The van der Waals surface area contributed by atoms with Gasteiger partial charge in [-0.15, -0.1) is 0 Å². The quantitative estimate of drug-likeness (QED) is 0.555.